The minimum absolute atomic E-state index is 0.208. The van der Waals surface area contributed by atoms with Crippen LogP contribution in [0.2, 0.25) is 0 Å². The maximum atomic E-state index is 12.2. The van der Waals surface area contributed by atoms with E-state index < -0.39 is 21.9 Å². The zero-order chi connectivity index (χ0) is 14.9. The summed E-state index contributed by atoms with van der Waals surface area (Å²) in [6.07, 6.45) is 4.39. The quantitative estimate of drug-likeness (QED) is 0.483. The molecule has 20 heavy (non-hydrogen) atoms. The van der Waals surface area contributed by atoms with E-state index in [1.54, 1.807) is 12.1 Å². The largest absolute Gasteiger partial charge is 0.465 e. The van der Waals surface area contributed by atoms with Crippen molar-refractivity contribution in [2.45, 2.75) is 25.1 Å². The number of hydrogen-bond acceptors (Lipinski definition) is 4. The van der Waals surface area contributed by atoms with E-state index in [1.807, 2.05) is 13.8 Å². The minimum atomic E-state index is -1.20. The molecule has 2 rings (SSSR count). The van der Waals surface area contributed by atoms with Crippen molar-refractivity contribution in [2.75, 3.05) is 0 Å². The second-order valence-corrected chi connectivity index (χ2v) is 6.50. The van der Waals surface area contributed by atoms with Crippen molar-refractivity contribution in [1.29, 1.82) is 0 Å². The minimum Gasteiger partial charge on any atom is -0.465 e. The summed E-state index contributed by atoms with van der Waals surface area (Å²) < 4.78 is 5.06. The van der Waals surface area contributed by atoms with Crippen molar-refractivity contribution in [1.82, 2.24) is 0 Å². The lowest BCUT2D eigenvalue weighted by atomic mass is 9.70. The van der Waals surface area contributed by atoms with Crippen molar-refractivity contribution in [3.05, 3.63) is 30.2 Å². The number of Topliss-reactive ketones (excluding diaryl/α,β-unsaturated/α-hetero) is 2. The molecule has 0 bridgehead atoms. The van der Waals surface area contributed by atoms with Crippen molar-refractivity contribution in [3.8, 4) is 0 Å². The number of carbonyl (C=O) groups is 3. The van der Waals surface area contributed by atoms with Gasteiger partial charge >= 0.3 is 0 Å². The van der Waals surface area contributed by atoms with Gasteiger partial charge in [0.2, 0.25) is 0 Å². The Bertz CT molecular complexity index is 569. The molecule has 0 radical (unpaired) electrons. The number of hydrogen-bond donors (Lipinski definition) is 0. The van der Waals surface area contributed by atoms with E-state index in [4.69, 9.17) is 4.42 Å². The number of carbonyl (C=O) groups excluding carboxylic acids is 3. The molecule has 0 spiro atoms. The van der Waals surface area contributed by atoms with Gasteiger partial charge in [-0.2, -0.15) is 0 Å². The fourth-order valence-electron chi connectivity index (χ4n) is 2.28. The van der Waals surface area contributed by atoms with Crippen LogP contribution >= 0.6 is 15.9 Å². The molecule has 1 aliphatic carbocycles. The molecular weight excluding hydrogens is 324 g/mol. The Kier molecular flexibility index (Phi) is 4.09. The van der Waals surface area contributed by atoms with E-state index >= 15 is 0 Å². The summed E-state index contributed by atoms with van der Waals surface area (Å²) in [5, 5.41) is 0. The molecular formula is C15H15BrO4. The molecule has 1 fully saturated rings. The van der Waals surface area contributed by atoms with Crippen molar-refractivity contribution in [2.24, 2.45) is 11.3 Å². The molecule has 0 amide bonds. The van der Waals surface area contributed by atoms with Crippen LogP contribution in [0.1, 0.15) is 26.0 Å². The van der Waals surface area contributed by atoms with E-state index in [0.717, 1.165) is 0 Å². The SMILES string of the molecule is CC1(C)CC(=O)C(C(=O)/C=C/c2ccco2)C(=O)C1Br. The van der Waals surface area contributed by atoms with E-state index in [0.29, 0.717) is 5.76 Å². The number of alkyl halides is 1. The van der Waals surface area contributed by atoms with E-state index in [-0.39, 0.29) is 18.0 Å². The average Bonchev–Trinajstić information content (AvgIpc) is 2.86. The topological polar surface area (TPSA) is 64.3 Å². The molecule has 2 unspecified atom stereocenters. The molecule has 1 heterocycles. The maximum absolute atomic E-state index is 12.2. The molecule has 0 saturated heterocycles. The predicted molar refractivity (Wildman–Crippen MR) is 77.4 cm³/mol. The van der Waals surface area contributed by atoms with Gasteiger partial charge in [0.25, 0.3) is 0 Å². The van der Waals surface area contributed by atoms with Crippen LogP contribution in [0.15, 0.2) is 28.9 Å². The van der Waals surface area contributed by atoms with Crippen LogP contribution in [-0.4, -0.2) is 22.2 Å². The summed E-state index contributed by atoms with van der Waals surface area (Å²) in [5.74, 6) is -1.86. The first kappa shape index (κ1) is 14.9. The Morgan fingerprint density at radius 2 is 2.15 bits per heavy atom. The van der Waals surface area contributed by atoms with Crippen LogP contribution in [0.3, 0.4) is 0 Å². The third-order valence-corrected chi connectivity index (χ3v) is 5.10. The first-order valence-electron chi connectivity index (χ1n) is 6.29. The third kappa shape index (κ3) is 2.82. The molecule has 0 N–H and O–H groups in total. The van der Waals surface area contributed by atoms with Gasteiger partial charge in [-0.15, -0.1) is 0 Å². The fourth-order valence-corrected chi connectivity index (χ4v) is 2.70. The summed E-state index contributed by atoms with van der Waals surface area (Å²) in [6, 6.07) is 3.38. The zero-order valence-electron chi connectivity index (χ0n) is 11.3. The normalized spacial score (nSPS) is 26.1. The molecule has 1 aromatic heterocycles. The van der Waals surface area contributed by atoms with Crippen LogP contribution in [0.25, 0.3) is 6.08 Å². The van der Waals surface area contributed by atoms with Crippen molar-refractivity contribution in [3.63, 3.8) is 0 Å². The highest BCUT2D eigenvalue weighted by Gasteiger charge is 2.48. The number of rotatable bonds is 3. The molecule has 5 heteroatoms. The van der Waals surface area contributed by atoms with Crippen LogP contribution < -0.4 is 0 Å². The second kappa shape index (κ2) is 5.48. The van der Waals surface area contributed by atoms with Crippen molar-refractivity contribution >= 4 is 39.4 Å². The van der Waals surface area contributed by atoms with Gasteiger partial charge in [0.05, 0.1) is 11.1 Å². The maximum Gasteiger partial charge on any atom is 0.173 e. The summed E-state index contributed by atoms with van der Waals surface area (Å²) in [4.78, 5) is 35.8. The van der Waals surface area contributed by atoms with Gasteiger partial charge in [-0.1, -0.05) is 29.8 Å². The number of halogens is 1. The van der Waals surface area contributed by atoms with Gasteiger partial charge in [-0.25, -0.2) is 0 Å². The Hall–Kier alpha value is -1.49. The lowest BCUT2D eigenvalue weighted by Gasteiger charge is -2.35. The Morgan fingerprint density at radius 3 is 2.75 bits per heavy atom. The lowest BCUT2D eigenvalue weighted by Crippen LogP contribution is -2.49. The highest BCUT2D eigenvalue weighted by atomic mass is 79.9. The second-order valence-electron chi connectivity index (χ2n) is 5.58. The van der Waals surface area contributed by atoms with E-state index in [2.05, 4.69) is 15.9 Å². The molecule has 0 aliphatic heterocycles. The molecule has 4 nitrogen and oxygen atoms in total. The van der Waals surface area contributed by atoms with E-state index in [9.17, 15) is 14.4 Å². The molecule has 2 atom stereocenters. The Balaban J connectivity index is 2.17. The number of allylic oxidation sites excluding steroid dienone is 1. The Labute approximate surface area is 125 Å². The number of furan rings is 1. The first-order chi connectivity index (χ1) is 9.33. The van der Waals surface area contributed by atoms with Crippen LogP contribution in [0.5, 0.6) is 0 Å². The summed E-state index contributed by atoms with van der Waals surface area (Å²) >= 11 is 3.30. The van der Waals surface area contributed by atoms with Crippen LogP contribution in [0.4, 0.5) is 0 Å². The predicted octanol–water partition coefficient (Wildman–Crippen LogP) is 2.81. The number of ketones is 3. The molecule has 0 aromatic carbocycles. The van der Waals surface area contributed by atoms with Gasteiger partial charge in [0.1, 0.15) is 11.7 Å². The van der Waals surface area contributed by atoms with Gasteiger partial charge in [0, 0.05) is 6.42 Å². The third-order valence-electron chi connectivity index (χ3n) is 3.41. The summed E-state index contributed by atoms with van der Waals surface area (Å²) in [6.45, 7) is 3.67. The highest BCUT2D eigenvalue weighted by Crippen LogP contribution is 2.39. The zero-order valence-corrected chi connectivity index (χ0v) is 12.8. The van der Waals surface area contributed by atoms with Crippen molar-refractivity contribution < 1.29 is 18.8 Å². The van der Waals surface area contributed by atoms with Gasteiger partial charge < -0.3 is 4.42 Å². The van der Waals surface area contributed by atoms with Gasteiger partial charge in [0.15, 0.2) is 17.3 Å². The molecule has 1 aliphatic rings. The molecule has 106 valence electrons. The molecule has 1 saturated carbocycles. The average molecular weight is 339 g/mol. The highest BCUT2D eigenvalue weighted by molar-refractivity contribution is 9.10. The van der Waals surface area contributed by atoms with Crippen LogP contribution in [-0.2, 0) is 14.4 Å². The lowest BCUT2D eigenvalue weighted by molar-refractivity contribution is -0.142. The fraction of sp³-hybridized carbons (Fsp3) is 0.400. The summed E-state index contributed by atoms with van der Waals surface area (Å²) in [5.41, 5.74) is -0.463. The van der Waals surface area contributed by atoms with Crippen LogP contribution in [0, 0.1) is 11.3 Å². The first-order valence-corrected chi connectivity index (χ1v) is 7.20. The smallest absolute Gasteiger partial charge is 0.173 e. The Morgan fingerprint density at radius 1 is 1.45 bits per heavy atom. The van der Waals surface area contributed by atoms with Gasteiger partial charge in [-0.05, 0) is 29.7 Å². The van der Waals surface area contributed by atoms with E-state index in [1.165, 1.54) is 18.4 Å². The monoisotopic (exact) mass is 338 g/mol. The molecule has 1 aromatic rings. The van der Waals surface area contributed by atoms with Gasteiger partial charge in [-0.3, -0.25) is 14.4 Å². The summed E-state index contributed by atoms with van der Waals surface area (Å²) in [7, 11) is 0. The standard InChI is InChI=1S/C15H15BrO4/c1-15(2)8-11(18)12(13(19)14(15)16)10(17)6-5-9-4-3-7-20-9/h3-7,12,14H,8H2,1-2H3/b6-5+.